The zero-order valence-corrected chi connectivity index (χ0v) is 10.5. The molecule has 3 rings (SSSR count). The molecule has 3 heteroatoms. The van der Waals surface area contributed by atoms with Crippen LogP contribution in [0.1, 0.15) is 51.4 Å². The molecule has 0 amide bonds. The van der Waals surface area contributed by atoms with Gasteiger partial charge in [-0.05, 0) is 43.9 Å². The number of likely N-dealkylation sites (tertiary alicyclic amines) is 1. The third-order valence-corrected chi connectivity index (χ3v) is 5.46. The van der Waals surface area contributed by atoms with Crippen LogP contribution in [0.3, 0.4) is 0 Å². The summed E-state index contributed by atoms with van der Waals surface area (Å²) in [5.41, 5.74) is 0.702. The summed E-state index contributed by atoms with van der Waals surface area (Å²) in [4.78, 5) is 13.2. The van der Waals surface area contributed by atoms with Crippen molar-refractivity contribution in [3.8, 4) is 0 Å². The van der Waals surface area contributed by atoms with Crippen molar-refractivity contribution >= 4 is 5.97 Å². The maximum absolute atomic E-state index is 10.8. The van der Waals surface area contributed by atoms with E-state index >= 15 is 0 Å². The summed E-state index contributed by atoms with van der Waals surface area (Å²) in [5, 5.41) is 8.89. The summed E-state index contributed by atoms with van der Waals surface area (Å²) in [6.45, 7) is 1.60. The SMILES string of the molecule is O=C(O)C1CN(C2CCC3(CCCC3)CC2)C1. The predicted molar refractivity (Wildman–Crippen MR) is 65.9 cm³/mol. The van der Waals surface area contributed by atoms with Gasteiger partial charge in [-0.1, -0.05) is 12.8 Å². The molecule has 3 aliphatic rings. The van der Waals surface area contributed by atoms with Gasteiger partial charge < -0.3 is 5.11 Å². The highest BCUT2D eigenvalue weighted by Crippen LogP contribution is 2.50. The summed E-state index contributed by atoms with van der Waals surface area (Å²) in [5.74, 6) is -0.693. The fourth-order valence-corrected chi connectivity index (χ4v) is 4.17. The van der Waals surface area contributed by atoms with Crippen molar-refractivity contribution in [2.45, 2.75) is 57.4 Å². The first-order valence-electron chi connectivity index (χ1n) is 7.15. The minimum atomic E-state index is -0.607. The Morgan fingerprint density at radius 2 is 1.65 bits per heavy atom. The quantitative estimate of drug-likeness (QED) is 0.802. The molecule has 1 spiro atoms. The van der Waals surface area contributed by atoms with E-state index in [0.29, 0.717) is 11.5 Å². The first-order valence-corrected chi connectivity index (χ1v) is 7.15. The standard InChI is InChI=1S/C14H23NO2/c16-13(17)11-9-15(10-11)12-3-7-14(8-4-12)5-1-2-6-14/h11-12H,1-10H2,(H,16,17). The Morgan fingerprint density at radius 1 is 1.06 bits per heavy atom. The van der Waals surface area contributed by atoms with Crippen LogP contribution in [0.25, 0.3) is 0 Å². The second-order valence-electron chi connectivity index (χ2n) is 6.43. The molecule has 0 aromatic heterocycles. The number of rotatable bonds is 2. The van der Waals surface area contributed by atoms with Gasteiger partial charge in [-0.3, -0.25) is 9.69 Å². The molecule has 3 nitrogen and oxygen atoms in total. The Kier molecular flexibility index (Phi) is 2.89. The minimum Gasteiger partial charge on any atom is -0.481 e. The highest BCUT2D eigenvalue weighted by molar-refractivity contribution is 5.71. The Balaban J connectivity index is 1.48. The molecule has 0 aromatic carbocycles. The molecule has 1 saturated heterocycles. The third kappa shape index (κ3) is 2.10. The minimum absolute atomic E-state index is 0.0858. The molecule has 2 aliphatic carbocycles. The van der Waals surface area contributed by atoms with Crippen LogP contribution in [0.15, 0.2) is 0 Å². The monoisotopic (exact) mass is 237 g/mol. The maximum Gasteiger partial charge on any atom is 0.309 e. The molecule has 0 bridgehead atoms. The van der Waals surface area contributed by atoms with E-state index in [1.165, 1.54) is 51.4 Å². The number of carbonyl (C=O) groups is 1. The lowest BCUT2D eigenvalue weighted by molar-refractivity contribution is -0.149. The van der Waals surface area contributed by atoms with Crippen molar-refractivity contribution in [3.63, 3.8) is 0 Å². The van der Waals surface area contributed by atoms with Crippen molar-refractivity contribution in [2.75, 3.05) is 13.1 Å². The number of nitrogens with zero attached hydrogens (tertiary/aromatic N) is 1. The molecule has 1 N–H and O–H groups in total. The summed E-state index contributed by atoms with van der Waals surface area (Å²) >= 11 is 0. The van der Waals surface area contributed by atoms with Crippen molar-refractivity contribution < 1.29 is 9.90 Å². The smallest absolute Gasteiger partial charge is 0.309 e. The van der Waals surface area contributed by atoms with Crippen molar-refractivity contribution in [3.05, 3.63) is 0 Å². The Labute approximate surface area is 103 Å². The second kappa shape index (κ2) is 4.27. The van der Waals surface area contributed by atoms with E-state index in [0.717, 1.165) is 13.1 Å². The summed E-state index contributed by atoms with van der Waals surface area (Å²) in [6.07, 6.45) is 11.2. The van der Waals surface area contributed by atoms with Crippen molar-refractivity contribution in [2.24, 2.45) is 11.3 Å². The van der Waals surface area contributed by atoms with E-state index in [1.54, 1.807) is 0 Å². The largest absolute Gasteiger partial charge is 0.481 e. The highest BCUT2D eigenvalue weighted by atomic mass is 16.4. The first kappa shape index (κ1) is 11.5. The van der Waals surface area contributed by atoms with Crippen molar-refractivity contribution in [1.82, 2.24) is 4.90 Å². The van der Waals surface area contributed by atoms with Gasteiger partial charge in [0.15, 0.2) is 0 Å². The lowest BCUT2D eigenvalue weighted by atomic mass is 9.70. The van der Waals surface area contributed by atoms with Crippen LogP contribution in [-0.2, 0) is 4.79 Å². The van der Waals surface area contributed by atoms with Crippen LogP contribution >= 0.6 is 0 Å². The lowest BCUT2D eigenvalue weighted by Gasteiger charge is -2.47. The number of hydrogen-bond acceptors (Lipinski definition) is 2. The van der Waals surface area contributed by atoms with Crippen LogP contribution in [0, 0.1) is 11.3 Å². The predicted octanol–water partition coefficient (Wildman–Crippen LogP) is 2.51. The van der Waals surface area contributed by atoms with E-state index < -0.39 is 5.97 Å². The van der Waals surface area contributed by atoms with Crippen LogP contribution < -0.4 is 0 Å². The highest BCUT2D eigenvalue weighted by Gasteiger charge is 2.42. The van der Waals surface area contributed by atoms with Gasteiger partial charge in [0.25, 0.3) is 0 Å². The van der Waals surface area contributed by atoms with Gasteiger partial charge >= 0.3 is 5.97 Å². The van der Waals surface area contributed by atoms with E-state index in [4.69, 9.17) is 5.11 Å². The molecular formula is C14H23NO2. The summed E-state index contributed by atoms with van der Waals surface area (Å²) in [6, 6.07) is 0.692. The zero-order valence-electron chi connectivity index (χ0n) is 10.5. The normalized spacial score (nSPS) is 30.6. The molecule has 1 aliphatic heterocycles. The maximum atomic E-state index is 10.8. The van der Waals surface area contributed by atoms with Gasteiger partial charge in [0.1, 0.15) is 0 Å². The van der Waals surface area contributed by atoms with Gasteiger partial charge in [-0.15, -0.1) is 0 Å². The van der Waals surface area contributed by atoms with Gasteiger partial charge in [0, 0.05) is 19.1 Å². The van der Waals surface area contributed by atoms with E-state index in [2.05, 4.69) is 4.90 Å². The molecule has 0 unspecified atom stereocenters. The van der Waals surface area contributed by atoms with Gasteiger partial charge in [-0.25, -0.2) is 0 Å². The van der Waals surface area contributed by atoms with Crippen LogP contribution in [0.2, 0.25) is 0 Å². The van der Waals surface area contributed by atoms with Crippen LogP contribution in [0.4, 0.5) is 0 Å². The summed E-state index contributed by atoms with van der Waals surface area (Å²) < 4.78 is 0. The summed E-state index contributed by atoms with van der Waals surface area (Å²) in [7, 11) is 0. The van der Waals surface area contributed by atoms with E-state index in [-0.39, 0.29) is 5.92 Å². The Hall–Kier alpha value is -0.570. The molecule has 0 aromatic rings. The topological polar surface area (TPSA) is 40.5 Å². The molecule has 96 valence electrons. The molecule has 0 radical (unpaired) electrons. The van der Waals surface area contributed by atoms with E-state index in [9.17, 15) is 4.79 Å². The molecule has 1 heterocycles. The zero-order chi connectivity index (χ0) is 11.9. The number of carboxylic acids is 1. The fourth-order valence-electron chi connectivity index (χ4n) is 4.17. The molecule has 0 atom stereocenters. The molecule has 17 heavy (non-hydrogen) atoms. The Morgan fingerprint density at radius 3 is 2.18 bits per heavy atom. The number of carboxylic acid groups (broad SMARTS) is 1. The number of aliphatic carboxylic acids is 1. The first-order chi connectivity index (χ1) is 8.19. The average molecular weight is 237 g/mol. The van der Waals surface area contributed by atoms with Gasteiger partial charge in [0.2, 0.25) is 0 Å². The van der Waals surface area contributed by atoms with Crippen LogP contribution in [0.5, 0.6) is 0 Å². The number of hydrogen-bond donors (Lipinski definition) is 1. The van der Waals surface area contributed by atoms with Gasteiger partial charge in [0.05, 0.1) is 5.92 Å². The molecular weight excluding hydrogens is 214 g/mol. The average Bonchev–Trinajstić information content (AvgIpc) is 2.67. The van der Waals surface area contributed by atoms with E-state index in [1.807, 2.05) is 0 Å². The Bertz CT molecular complexity index is 293. The lowest BCUT2D eigenvalue weighted by Crippen LogP contribution is -2.55. The second-order valence-corrected chi connectivity index (χ2v) is 6.43. The third-order valence-electron chi connectivity index (χ3n) is 5.46. The van der Waals surface area contributed by atoms with Crippen LogP contribution in [-0.4, -0.2) is 35.1 Å². The van der Waals surface area contributed by atoms with Gasteiger partial charge in [-0.2, -0.15) is 0 Å². The fraction of sp³-hybridized carbons (Fsp3) is 0.929. The molecule has 2 saturated carbocycles. The molecule has 3 fully saturated rings. The van der Waals surface area contributed by atoms with Crippen molar-refractivity contribution in [1.29, 1.82) is 0 Å².